The van der Waals surface area contributed by atoms with Crippen LogP contribution in [0, 0.1) is 18.3 Å². The van der Waals surface area contributed by atoms with Gasteiger partial charge < -0.3 is 5.32 Å². The monoisotopic (exact) mass is 251 g/mol. The molecule has 1 aromatic carbocycles. The van der Waals surface area contributed by atoms with Crippen molar-refractivity contribution in [3.63, 3.8) is 0 Å². The van der Waals surface area contributed by atoms with Gasteiger partial charge in [0.15, 0.2) is 0 Å². The van der Waals surface area contributed by atoms with E-state index in [1.54, 1.807) is 6.20 Å². The van der Waals surface area contributed by atoms with E-state index >= 15 is 0 Å². The van der Waals surface area contributed by atoms with Crippen LogP contribution in [0.1, 0.15) is 36.5 Å². The van der Waals surface area contributed by atoms with E-state index in [4.69, 9.17) is 0 Å². The third-order valence-electron chi connectivity index (χ3n) is 3.11. The van der Waals surface area contributed by atoms with Gasteiger partial charge in [-0.05, 0) is 36.1 Å². The summed E-state index contributed by atoms with van der Waals surface area (Å²) in [5.74, 6) is 1.04. The molecule has 1 N–H and O–H groups in total. The average Bonchev–Trinajstić information content (AvgIpc) is 2.39. The van der Waals surface area contributed by atoms with Crippen LogP contribution in [0.25, 0.3) is 0 Å². The van der Waals surface area contributed by atoms with Gasteiger partial charge in [-0.25, -0.2) is 4.98 Å². The van der Waals surface area contributed by atoms with E-state index in [1.807, 2.05) is 31.2 Å². The second kappa shape index (κ2) is 5.53. The highest BCUT2D eigenvalue weighted by atomic mass is 15.0. The Hall–Kier alpha value is -2.34. The number of pyridine rings is 1. The second-order valence-corrected chi connectivity index (χ2v) is 4.83. The standard InChI is InChI=1S/C16H17N3/c1-11(2)13-6-4-5-7-15(13)19-16-14(10-17)12(3)8-9-18-16/h4-9,11H,1-3H3,(H,18,19). The number of hydrogen-bond donors (Lipinski definition) is 1. The first-order chi connectivity index (χ1) is 9.13. The lowest BCUT2D eigenvalue weighted by Crippen LogP contribution is -2.02. The minimum Gasteiger partial charge on any atom is -0.339 e. The molecule has 0 aliphatic heterocycles. The number of nitriles is 1. The van der Waals surface area contributed by atoms with E-state index in [0.717, 1.165) is 11.3 Å². The number of aromatic nitrogens is 1. The molecule has 19 heavy (non-hydrogen) atoms. The van der Waals surface area contributed by atoms with Crippen LogP contribution in [0.5, 0.6) is 0 Å². The predicted octanol–water partition coefficient (Wildman–Crippen LogP) is 4.13. The summed E-state index contributed by atoms with van der Waals surface area (Å²) in [6.45, 7) is 6.21. The number of benzene rings is 1. The molecule has 0 saturated carbocycles. The summed E-state index contributed by atoms with van der Waals surface area (Å²) < 4.78 is 0. The number of anilines is 2. The Balaban J connectivity index is 2.43. The molecule has 1 heterocycles. The number of hydrogen-bond acceptors (Lipinski definition) is 3. The lowest BCUT2D eigenvalue weighted by Gasteiger charge is -2.15. The van der Waals surface area contributed by atoms with Gasteiger partial charge in [0.05, 0.1) is 5.56 Å². The Labute approximate surface area is 113 Å². The molecule has 0 spiro atoms. The van der Waals surface area contributed by atoms with Gasteiger partial charge in [-0.3, -0.25) is 0 Å². The zero-order chi connectivity index (χ0) is 13.8. The van der Waals surface area contributed by atoms with Crippen LogP contribution in [-0.4, -0.2) is 4.98 Å². The van der Waals surface area contributed by atoms with Crippen molar-refractivity contribution in [1.29, 1.82) is 5.26 Å². The van der Waals surface area contributed by atoms with Crippen molar-refractivity contribution in [3.8, 4) is 6.07 Å². The summed E-state index contributed by atoms with van der Waals surface area (Å²) in [5.41, 5.74) is 3.75. The van der Waals surface area contributed by atoms with Gasteiger partial charge >= 0.3 is 0 Å². The quantitative estimate of drug-likeness (QED) is 0.892. The maximum atomic E-state index is 9.23. The molecular formula is C16H17N3. The number of aryl methyl sites for hydroxylation is 1. The van der Waals surface area contributed by atoms with Crippen LogP contribution in [0.15, 0.2) is 36.5 Å². The Bertz CT molecular complexity index is 624. The van der Waals surface area contributed by atoms with Crippen LogP contribution < -0.4 is 5.32 Å². The maximum absolute atomic E-state index is 9.23. The lowest BCUT2D eigenvalue weighted by atomic mass is 10.0. The van der Waals surface area contributed by atoms with Gasteiger partial charge in [0.1, 0.15) is 11.9 Å². The lowest BCUT2D eigenvalue weighted by molar-refractivity contribution is 0.869. The molecule has 0 fully saturated rings. The van der Waals surface area contributed by atoms with Gasteiger partial charge in [-0.15, -0.1) is 0 Å². The van der Waals surface area contributed by atoms with Crippen molar-refractivity contribution >= 4 is 11.5 Å². The molecule has 2 rings (SSSR count). The number of rotatable bonds is 3. The first-order valence-electron chi connectivity index (χ1n) is 6.35. The number of nitrogens with zero attached hydrogens (tertiary/aromatic N) is 2. The fraction of sp³-hybridized carbons (Fsp3) is 0.250. The van der Waals surface area contributed by atoms with E-state index in [9.17, 15) is 5.26 Å². The molecule has 3 nitrogen and oxygen atoms in total. The molecule has 0 aliphatic rings. The van der Waals surface area contributed by atoms with Crippen molar-refractivity contribution in [2.45, 2.75) is 26.7 Å². The minimum absolute atomic E-state index is 0.416. The predicted molar refractivity (Wildman–Crippen MR) is 77.5 cm³/mol. The van der Waals surface area contributed by atoms with Crippen LogP contribution in [-0.2, 0) is 0 Å². The van der Waals surface area contributed by atoms with E-state index in [0.29, 0.717) is 17.3 Å². The summed E-state index contributed by atoms with van der Waals surface area (Å²) in [4.78, 5) is 4.27. The van der Waals surface area contributed by atoms with Crippen molar-refractivity contribution < 1.29 is 0 Å². The molecular weight excluding hydrogens is 234 g/mol. The maximum Gasteiger partial charge on any atom is 0.148 e. The van der Waals surface area contributed by atoms with Crippen LogP contribution in [0.3, 0.4) is 0 Å². The fourth-order valence-corrected chi connectivity index (χ4v) is 2.04. The molecule has 0 bridgehead atoms. The Kier molecular flexibility index (Phi) is 3.82. The molecule has 96 valence electrons. The van der Waals surface area contributed by atoms with E-state index in [-0.39, 0.29) is 0 Å². The molecule has 0 saturated heterocycles. The smallest absolute Gasteiger partial charge is 0.148 e. The van der Waals surface area contributed by atoms with Crippen molar-refractivity contribution in [2.24, 2.45) is 0 Å². The first kappa shape index (κ1) is 13.1. The zero-order valence-corrected chi connectivity index (χ0v) is 11.4. The van der Waals surface area contributed by atoms with E-state index < -0.39 is 0 Å². The fourth-order valence-electron chi connectivity index (χ4n) is 2.04. The normalized spacial score (nSPS) is 10.3. The number of nitrogens with one attached hydrogen (secondary N) is 1. The summed E-state index contributed by atoms with van der Waals surface area (Å²) in [5, 5.41) is 12.5. The summed E-state index contributed by atoms with van der Waals surface area (Å²) >= 11 is 0. The molecule has 3 heteroatoms. The van der Waals surface area contributed by atoms with Crippen molar-refractivity contribution in [2.75, 3.05) is 5.32 Å². The van der Waals surface area contributed by atoms with Crippen molar-refractivity contribution in [1.82, 2.24) is 4.98 Å². The van der Waals surface area contributed by atoms with Crippen LogP contribution in [0.4, 0.5) is 11.5 Å². The molecule has 0 radical (unpaired) electrons. The van der Waals surface area contributed by atoms with Gasteiger partial charge in [0, 0.05) is 11.9 Å². The molecule has 2 aromatic rings. The van der Waals surface area contributed by atoms with Gasteiger partial charge in [0.2, 0.25) is 0 Å². The summed E-state index contributed by atoms with van der Waals surface area (Å²) in [7, 11) is 0. The molecule has 0 amide bonds. The topological polar surface area (TPSA) is 48.7 Å². The number of para-hydroxylation sites is 1. The van der Waals surface area contributed by atoms with Gasteiger partial charge in [-0.2, -0.15) is 5.26 Å². The largest absolute Gasteiger partial charge is 0.339 e. The summed E-state index contributed by atoms with van der Waals surface area (Å²) in [6, 6.07) is 12.2. The van der Waals surface area contributed by atoms with E-state index in [2.05, 4.69) is 36.3 Å². The zero-order valence-electron chi connectivity index (χ0n) is 11.4. The third kappa shape index (κ3) is 2.74. The molecule has 0 atom stereocenters. The molecule has 1 aromatic heterocycles. The van der Waals surface area contributed by atoms with Gasteiger partial charge in [-0.1, -0.05) is 32.0 Å². The third-order valence-corrected chi connectivity index (χ3v) is 3.11. The highest BCUT2D eigenvalue weighted by molar-refractivity contribution is 5.67. The highest BCUT2D eigenvalue weighted by Gasteiger charge is 2.10. The first-order valence-corrected chi connectivity index (χ1v) is 6.35. The Morgan fingerprint density at radius 1 is 1.21 bits per heavy atom. The Morgan fingerprint density at radius 2 is 1.95 bits per heavy atom. The average molecular weight is 251 g/mol. The molecule has 0 unspecified atom stereocenters. The van der Waals surface area contributed by atoms with Crippen LogP contribution in [0.2, 0.25) is 0 Å². The van der Waals surface area contributed by atoms with E-state index in [1.165, 1.54) is 5.56 Å². The van der Waals surface area contributed by atoms with Crippen molar-refractivity contribution in [3.05, 3.63) is 53.2 Å². The molecule has 0 aliphatic carbocycles. The minimum atomic E-state index is 0.416. The van der Waals surface area contributed by atoms with Gasteiger partial charge in [0.25, 0.3) is 0 Å². The summed E-state index contributed by atoms with van der Waals surface area (Å²) in [6.07, 6.45) is 1.72. The van der Waals surface area contributed by atoms with Crippen LogP contribution >= 0.6 is 0 Å². The Morgan fingerprint density at radius 3 is 2.63 bits per heavy atom. The highest BCUT2D eigenvalue weighted by Crippen LogP contribution is 2.27. The second-order valence-electron chi connectivity index (χ2n) is 4.83. The SMILES string of the molecule is Cc1ccnc(Nc2ccccc2C(C)C)c1C#N.